The van der Waals surface area contributed by atoms with E-state index in [0.717, 1.165) is 17.1 Å². The van der Waals surface area contributed by atoms with Crippen molar-refractivity contribution in [1.82, 2.24) is 9.29 Å². The largest absolute Gasteiger partial charge is 0.473 e. The number of aromatic nitrogens is 1. The molecule has 2 aromatic rings. The van der Waals surface area contributed by atoms with Gasteiger partial charge < -0.3 is 9.47 Å². The van der Waals surface area contributed by atoms with E-state index in [0.29, 0.717) is 34.4 Å². The molecule has 1 saturated heterocycles. The molecule has 0 bridgehead atoms. The summed E-state index contributed by atoms with van der Waals surface area (Å²) in [6, 6.07) is 11.8. The van der Waals surface area contributed by atoms with Gasteiger partial charge in [-0.15, -0.1) is 0 Å². The number of nitrogens with zero attached hydrogens (tertiary/aromatic N) is 4. The van der Waals surface area contributed by atoms with Gasteiger partial charge in [0.15, 0.2) is 5.84 Å². The predicted octanol–water partition coefficient (Wildman–Crippen LogP) is 4.77. The molecule has 8 nitrogen and oxygen atoms in total. The molecule has 3 heterocycles. The Kier molecular flexibility index (Phi) is 7.50. The fourth-order valence-corrected chi connectivity index (χ4v) is 5.12. The molecule has 2 aliphatic rings. The molecule has 4 rings (SSSR count). The first kappa shape index (κ1) is 24.9. The molecular formula is C25H23BrN4O4S. The van der Waals surface area contributed by atoms with Gasteiger partial charge in [-0.05, 0) is 25.1 Å². The second-order valence-corrected chi connectivity index (χ2v) is 11.0. The molecule has 0 radical (unpaired) electrons. The molecule has 180 valence electrons. The fourth-order valence-electron chi connectivity index (χ4n) is 3.66. The molecule has 0 amide bonds. The summed E-state index contributed by atoms with van der Waals surface area (Å²) in [6.07, 6.45) is 5.90. The number of ether oxygens (including phenoxy) is 2. The van der Waals surface area contributed by atoms with E-state index < -0.39 is 10.0 Å². The van der Waals surface area contributed by atoms with Crippen LogP contribution in [-0.2, 0) is 14.8 Å². The van der Waals surface area contributed by atoms with Crippen molar-refractivity contribution in [3.63, 3.8) is 0 Å². The molecule has 1 fully saturated rings. The van der Waals surface area contributed by atoms with Crippen LogP contribution in [-0.4, -0.2) is 42.9 Å². The van der Waals surface area contributed by atoms with Gasteiger partial charge in [0.1, 0.15) is 17.7 Å². The number of benzene rings is 1. The Morgan fingerprint density at radius 2 is 2.06 bits per heavy atom. The topological polar surface area (TPSA) is 105 Å². The van der Waals surface area contributed by atoms with Gasteiger partial charge >= 0.3 is 0 Å². The van der Waals surface area contributed by atoms with Crippen molar-refractivity contribution >= 4 is 37.4 Å². The molecule has 0 saturated carbocycles. The highest BCUT2D eigenvalue weighted by Crippen LogP contribution is 2.36. The molecule has 1 aromatic heterocycles. The normalized spacial score (nSPS) is 18.5. The van der Waals surface area contributed by atoms with E-state index in [4.69, 9.17) is 9.47 Å². The van der Waals surface area contributed by atoms with Crippen LogP contribution >= 0.6 is 15.9 Å². The van der Waals surface area contributed by atoms with Crippen LogP contribution in [0.5, 0.6) is 5.88 Å². The third kappa shape index (κ3) is 5.37. The Balaban J connectivity index is 1.74. The lowest BCUT2D eigenvalue weighted by atomic mass is 10.0. The Morgan fingerprint density at radius 1 is 1.34 bits per heavy atom. The number of allylic oxidation sites excluding steroid dienone is 1. The zero-order chi connectivity index (χ0) is 25.0. The Hall–Kier alpha value is -3.26. The Morgan fingerprint density at radius 3 is 2.71 bits per heavy atom. The van der Waals surface area contributed by atoms with E-state index in [9.17, 15) is 13.7 Å². The van der Waals surface area contributed by atoms with Crippen LogP contribution in [0.1, 0.15) is 30.9 Å². The molecular weight excluding hydrogens is 532 g/mol. The smallest absolute Gasteiger partial charge is 0.269 e. The van der Waals surface area contributed by atoms with Crippen molar-refractivity contribution in [3.05, 3.63) is 82.8 Å². The van der Waals surface area contributed by atoms with Gasteiger partial charge in [0.05, 0.1) is 18.1 Å². The molecule has 0 unspecified atom stereocenters. The molecule has 2 aliphatic heterocycles. The summed E-state index contributed by atoms with van der Waals surface area (Å²) in [5.74, 6) is 0.400. The van der Waals surface area contributed by atoms with Crippen molar-refractivity contribution in [2.24, 2.45) is 4.99 Å². The third-order valence-corrected chi connectivity index (χ3v) is 7.31. The van der Waals surface area contributed by atoms with Gasteiger partial charge in [0.2, 0.25) is 5.88 Å². The quantitative estimate of drug-likeness (QED) is 0.509. The Bertz CT molecular complexity index is 1370. The van der Waals surface area contributed by atoms with Crippen molar-refractivity contribution in [2.75, 3.05) is 13.2 Å². The molecule has 0 atom stereocenters. The van der Waals surface area contributed by atoms with Crippen LogP contribution in [0, 0.1) is 11.3 Å². The van der Waals surface area contributed by atoms with Crippen molar-refractivity contribution < 1.29 is 17.9 Å². The van der Waals surface area contributed by atoms with E-state index in [1.54, 1.807) is 37.4 Å². The number of aliphatic imine (C=N–C) groups is 1. The summed E-state index contributed by atoms with van der Waals surface area (Å²) in [4.78, 5) is 8.86. The van der Waals surface area contributed by atoms with Gasteiger partial charge in [-0.3, -0.25) is 0 Å². The first-order valence-corrected chi connectivity index (χ1v) is 13.1. The summed E-state index contributed by atoms with van der Waals surface area (Å²) in [5.41, 5.74) is 1.66. The number of pyridine rings is 1. The van der Waals surface area contributed by atoms with Crippen molar-refractivity contribution in [2.45, 2.75) is 30.8 Å². The highest BCUT2D eigenvalue weighted by atomic mass is 79.9. The minimum absolute atomic E-state index is 0.0700. The number of nitriles is 1. The number of halogens is 1. The minimum Gasteiger partial charge on any atom is -0.473 e. The molecule has 0 spiro atoms. The standard InChI is InChI=1S/C25H23BrN4O4S/c1-17(26)14-28-24-18(2)23(16-30(24)35(31,32)22-6-4-3-5-7-22)20-12-19(13-27)25(29-15-20)34-21-8-10-33-11-9-21/h3-7,12,14-16,21H,2,8-11H2,1H3. The van der Waals surface area contributed by atoms with Crippen LogP contribution in [0.25, 0.3) is 5.57 Å². The van der Waals surface area contributed by atoms with Crippen LogP contribution in [0.3, 0.4) is 0 Å². The monoisotopic (exact) mass is 554 g/mol. The Labute approximate surface area is 213 Å². The van der Waals surface area contributed by atoms with Gasteiger partial charge in [0, 0.05) is 52.6 Å². The molecule has 10 heteroatoms. The van der Waals surface area contributed by atoms with E-state index >= 15 is 0 Å². The zero-order valence-corrected chi connectivity index (χ0v) is 21.4. The molecule has 0 aliphatic carbocycles. The van der Waals surface area contributed by atoms with Gasteiger partial charge in [-0.1, -0.05) is 40.7 Å². The fraction of sp³-hybridized carbons (Fsp3) is 0.240. The maximum absolute atomic E-state index is 13.4. The summed E-state index contributed by atoms with van der Waals surface area (Å²) >= 11 is 3.32. The van der Waals surface area contributed by atoms with Crippen molar-refractivity contribution in [1.29, 1.82) is 5.26 Å². The predicted molar refractivity (Wildman–Crippen MR) is 136 cm³/mol. The summed E-state index contributed by atoms with van der Waals surface area (Å²) in [7, 11) is -3.95. The van der Waals surface area contributed by atoms with E-state index in [1.807, 2.05) is 0 Å². The van der Waals surface area contributed by atoms with Crippen LogP contribution in [0.4, 0.5) is 0 Å². The zero-order valence-electron chi connectivity index (χ0n) is 19.0. The van der Waals surface area contributed by atoms with Gasteiger partial charge in [-0.2, -0.15) is 5.26 Å². The number of rotatable bonds is 6. The summed E-state index contributed by atoms with van der Waals surface area (Å²) in [6.45, 7) is 7.09. The number of sulfonamides is 1. The number of amidine groups is 1. The maximum Gasteiger partial charge on any atom is 0.269 e. The van der Waals surface area contributed by atoms with E-state index in [2.05, 4.69) is 38.6 Å². The van der Waals surface area contributed by atoms with Crippen LogP contribution in [0.2, 0.25) is 0 Å². The first-order chi connectivity index (χ1) is 16.8. The molecule has 1 aromatic carbocycles. The SMILES string of the molecule is C=C1C(c2cnc(OC3CCOCC3)c(C#N)c2)=CN(S(=O)(=O)c2ccccc2)C1=NC=C(C)Br. The highest BCUT2D eigenvalue weighted by molar-refractivity contribution is 9.11. The van der Waals surface area contributed by atoms with Crippen molar-refractivity contribution in [3.8, 4) is 11.9 Å². The molecule has 0 N–H and O–H groups in total. The number of hydrogen-bond donors (Lipinski definition) is 0. The van der Waals surface area contributed by atoms with Crippen LogP contribution < -0.4 is 4.74 Å². The second kappa shape index (κ2) is 10.6. The second-order valence-electron chi connectivity index (χ2n) is 7.92. The lowest BCUT2D eigenvalue weighted by Crippen LogP contribution is -2.29. The third-order valence-electron chi connectivity index (χ3n) is 5.44. The average Bonchev–Trinajstić information content (AvgIpc) is 3.21. The van der Waals surface area contributed by atoms with E-state index in [-0.39, 0.29) is 28.3 Å². The highest BCUT2D eigenvalue weighted by Gasteiger charge is 2.35. The number of hydrogen-bond acceptors (Lipinski definition) is 7. The lowest BCUT2D eigenvalue weighted by Gasteiger charge is -2.23. The molecule has 35 heavy (non-hydrogen) atoms. The van der Waals surface area contributed by atoms with E-state index in [1.165, 1.54) is 24.5 Å². The average molecular weight is 555 g/mol. The van der Waals surface area contributed by atoms with Crippen LogP contribution in [0.15, 0.2) is 81.5 Å². The van der Waals surface area contributed by atoms with Gasteiger partial charge in [0.25, 0.3) is 10.0 Å². The van der Waals surface area contributed by atoms with Gasteiger partial charge in [-0.25, -0.2) is 22.7 Å². The minimum atomic E-state index is -3.95. The maximum atomic E-state index is 13.4. The lowest BCUT2D eigenvalue weighted by molar-refractivity contribution is 0.0236. The first-order valence-electron chi connectivity index (χ1n) is 10.9. The summed E-state index contributed by atoms with van der Waals surface area (Å²) < 4.78 is 40.0. The summed E-state index contributed by atoms with van der Waals surface area (Å²) in [5, 5.41) is 9.73.